The number of hydrogen-bond acceptors (Lipinski definition) is 3. The molecule has 50 valence electrons. The molecular weight excluding hydrogens is 152 g/mol. The van der Waals surface area contributed by atoms with Crippen molar-refractivity contribution in [2.45, 2.75) is 4.21 Å². The van der Waals surface area contributed by atoms with E-state index < -0.39 is 0 Å². The molecule has 0 aromatic carbocycles. The van der Waals surface area contributed by atoms with Crippen molar-refractivity contribution in [3.63, 3.8) is 0 Å². The maximum atomic E-state index is 8.00. The summed E-state index contributed by atoms with van der Waals surface area (Å²) in [6.45, 7) is 2.00. The van der Waals surface area contributed by atoms with Gasteiger partial charge in [0.1, 0.15) is 6.79 Å². The number of rotatable bonds is 1. The summed E-state index contributed by atoms with van der Waals surface area (Å²) >= 11 is 3.58. The van der Waals surface area contributed by atoms with Crippen molar-refractivity contribution in [2.24, 2.45) is 0 Å². The van der Waals surface area contributed by atoms with E-state index in [2.05, 4.69) is 23.8 Å². The Morgan fingerprint density at radius 2 is 2.33 bits per heavy atom. The van der Waals surface area contributed by atoms with Crippen LogP contribution in [-0.2, 0) is 4.79 Å². The Hall–Kier alpha value is -0.280. The monoisotopic (exact) mass is 160 g/mol. The zero-order valence-electron chi connectivity index (χ0n) is 5.16. The topological polar surface area (TPSA) is 17.1 Å². The maximum absolute atomic E-state index is 8.00. The van der Waals surface area contributed by atoms with Crippen molar-refractivity contribution in [2.75, 3.05) is 6.26 Å². The lowest BCUT2D eigenvalue weighted by Crippen LogP contribution is -1.45. The van der Waals surface area contributed by atoms with Gasteiger partial charge in [0.2, 0.25) is 0 Å². The fourth-order valence-corrected chi connectivity index (χ4v) is 1.59. The van der Waals surface area contributed by atoms with Gasteiger partial charge in [0, 0.05) is 0 Å². The van der Waals surface area contributed by atoms with Crippen molar-refractivity contribution in [3.8, 4) is 0 Å². The van der Waals surface area contributed by atoms with Crippen LogP contribution in [-0.4, -0.2) is 13.0 Å². The normalized spacial score (nSPS) is 7.67. The third-order valence-electron chi connectivity index (χ3n) is 0.696. The van der Waals surface area contributed by atoms with Gasteiger partial charge in [-0.1, -0.05) is 6.07 Å². The summed E-state index contributed by atoms with van der Waals surface area (Å²) in [7, 11) is 0. The van der Waals surface area contributed by atoms with Crippen LogP contribution in [0, 0.1) is 0 Å². The molecular formula is C6H8OS2. The van der Waals surface area contributed by atoms with Gasteiger partial charge in [-0.05, 0) is 17.7 Å². The predicted molar refractivity (Wildman–Crippen MR) is 43.2 cm³/mol. The van der Waals surface area contributed by atoms with E-state index in [1.165, 1.54) is 4.21 Å². The van der Waals surface area contributed by atoms with E-state index in [1.807, 2.05) is 6.79 Å². The molecule has 1 heterocycles. The second-order valence-electron chi connectivity index (χ2n) is 1.14. The Morgan fingerprint density at radius 1 is 1.67 bits per heavy atom. The van der Waals surface area contributed by atoms with Gasteiger partial charge in [0.15, 0.2) is 0 Å². The molecule has 3 heteroatoms. The molecule has 0 unspecified atom stereocenters. The molecule has 1 rings (SSSR count). The summed E-state index contributed by atoms with van der Waals surface area (Å²) in [5.41, 5.74) is 0. The Balaban J connectivity index is 0.000000291. The average molecular weight is 160 g/mol. The highest BCUT2D eigenvalue weighted by atomic mass is 32.2. The summed E-state index contributed by atoms with van der Waals surface area (Å²) in [6, 6.07) is 4.19. The summed E-state index contributed by atoms with van der Waals surface area (Å²) in [5, 5.41) is 2.09. The van der Waals surface area contributed by atoms with Gasteiger partial charge < -0.3 is 4.79 Å². The molecule has 0 amide bonds. The van der Waals surface area contributed by atoms with E-state index in [0.29, 0.717) is 0 Å². The molecule has 0 aliphatic carbocycles. The molecule has 0 aliphatic rings. The Bertz CT molecular complexity index is 137. The van der Waals surface area contributed by atoms with Crippen LogP contribution in [0.15, 0.2) is 21.7 Å². The maximum Gasteiger partial charge on any atom is 0.106 e. The third kappa shape index (κ3) is 3.32. The molecule has 0 N–H and O–H groups in total. The van der Waals surface area contributed by atoms with Crippen LogP contribution in [0.25, 0.3) is 0 Å². The standard InChI is InChI=1S/C5H6S2.CH2O/c1-6-5-3-2-4-7-5;1-2/h2-4H,1H3;1H2. The first-order chi connectivity index (χ1) is 4.43. The molecule has 1 aromatic heterocycles. The van der Waals surface area contributed by atoms with E-state index in [4.69, 9.17) is 4.79 Å². The number of thiophene rings is 1. The van der Waals surface area contributed by atoms with Gasteiger partial charge in [0.25, 0.3) is 0 Å². The summed E-state index contributed by atoms with van der Waals surface area (Å²) in [5.74, 6) is 0. The van der Waals surface area contributed by atoms with Crippen LogP contribution in [0.4, 0.5) is 0 Å². The molecule has 9 heavy (non-hydrogen) atoms. The van der Waals surface area contributed by atoms with Gasteiger partial charge in [0.05, 0.1) is 4.21 Å². The lowest BCUT2D eigenvalue weighted by Gasteiger charge is -1.78. The largest absolute Gasteiger partial charge is 0.307 e. The molecule has 1 aromatic rings. The first kappa shape index (κ1) is 8.72. The van der Waals surface area contributed by atoms with E-state index in [1.54, 1.807) is 23.1 Å². The van der Waals surface area contributed by atoms with Crippen LogP contribution < -0.4 is 0 Å². The Morgan fingerprint density at radius 3 is 2.56 bits per heavy atom. The van der Waals surface area contributed by atoms with Crippen molar-refractivity contribution >= 4 is 29.9 Å². The Kier molecular flexibility index (Phi) is 5.67. The second-order valence-corrected chi connectivity index (χ2v) is 3.19. The number of carbonyl (C=O) groups excluding carboxylic acids is 1. The van der Waals surface area contributed by atoms with E-state index in [-0.39, 0.29) is 0 Å². The molecule has 0 spiro atoms. The van der Waals surface area contributed by atoms with Crippen LogP contribution in [0.5, 0.6) is 0 Å². The van der Waals surface area contributed by atoms with Gasteiger partial charge in [-0.25, -0.2) is 0 Å². The number of hydrogen-bond donors (Lipinski definition) is 0. The third-order valence-corrected chi connectivity index (χ3v) is 2.68. The molecule has 0 radical (unpaired) electrons. The van der Waals surface area contributed by atoms with E-state index in [0.717, 1.165) is 0 Å². The minimum atomic E-state index is 1.39. The highest BCUT2D eigenvalue weighted by Gasteiger charge is 1.83. The quantitative estimate of drug-likeness (QED) is 0.586. The van der Waals surface area contributed by atoms with Crippen molar-refractivity contribution < 1.29 is 4.79 Å². The minimum absolute atomic E-state index is 1.39. The fourth-order valence-electron chi connectivity index (χ4n) is 0.380. The lowest BCUT2D eigenvalue weighted by atomic mass is 10.7. The minimum Gasteiger partial charge on any atom is -0.307 e. The SMILES string of the molecule is C=O.CSc1cccs1. The molecule has 0 saturated carbocycles. The molecule has 0 atom stereocenters. The number of carbonyl (C=O) groups is 1. The van der Waals surface area contributed by atoms with Gasteiger partial charge in [-0.15, -0.1) is 23.1 Å². The molecule has 0 aliphatic heterocycles. The average Bonchev–Trinajstić information content (AvgIpc) is 2.43. The van der Waals surface area contributed by atoms with E-state index in [9.17, 15) is 0 Å². The van der Waals surface area contributed by atoms with Crippen LogP contribution in [0.3, 0.4) is 0 Å². The smallest absolute Gasteiger partial charge is 0.106 e. The van der Waals surface area contributed by atoms with Crippen LogP contribution in [0.1, 0.15) is 0 Å². The molecule has 0 fully saturated rings. The van der Waals surface area contributed by atoms with E-state index >= 15 is 0 Å². The zero-order valence-corrected chi connectivity index (χ0v) is 6.80. The first-order valence-corrected chi connectivity index (χ1v) is 4.40. The molecule has 1 nitrogen and oxygen atoms in total. The molecule has 0 bridgehead atoms. The summed E-state index contributed by atoms with van der Waals surface area (Å²) in [6.07, 6.45) is 2.09. The number of thioether (sulfide) groups is 1. The van der Waals surface area contributed by atoms with Gasteiger partial charge >= 0.3 is 0 Å². The summed E-state index contributed by atoms with van der Waals surface area (Å²) < 4.78 is 1.39. The van der Waals surface area contributed by atoms with Gasteiger partial charge in [-0.3, -0.25) is 0 Å². The van der Waals surface area contributed by atoms with Crippen molar-refractivity contribution in [3.05, 3.63) is 17.5 Å². The first-order valence-electron chi connectivity index (χ1n) is 2.30. The van der Waals surface area contributed by atoms with Crippen LogP contribution >= 0.6 is 23.1 Å². The van der Waals surface area contributed by atoms with Gasteiger partial charge in [-0.2, -0.15) is 0 Å². The fraction of sp³-hybridized carbons (Fsp3) is 0.167. The highest BCUT2D eigenvalue weighted by molar-refractivity contribution is 8.00. The second kappa shape index (κ2) is 5.85. The summed E-state index contributed by atoms with van der Waals surface area (Å²) in [4.78, 5) is 8.00. The molecule has 0 saturated heterocycles. The predicted octanol–water partition coefficient (Wildman–Crippen LogP) is 2.29. The van der Waals surface area contributed by atoms with Crippen LogP contribution in [0.2, 0.25) is 0 Å². The zero-order chi connectivity index (χ0) is 7.11. The van der Waals surface area contributed by atoms with Crippen molar-refractivity contribution in [1.29, 1.82) is 0 Å². The van der Waals surface area contributed by atoms with Crippen molar-refractivity contribution in [1.82, 2.24) is 0 Å². The highest BCUT2D eigenvalue weighted by Crippen LogP contribution is 2.19. The Labute approximate surface area is 63.1 Å². The lowest BCUT2D eigenvalue weighted by molar-refractivity contribution is -0.0979.